The van der Waals surface area contributed by atoms with E-state index >= 15 is 0 Å². The van der Waals surface area contributed by atoms with Crippen molar-refractivity contribution >= 4 is 11.6 Å². The molecule has 36 heavy (non-hydrogen) atoms. The number of aromatic nitrogens is 1. The molecule has 0 saturated heterocycles. The molecule has 0 fully saturated rings. The van der Waals surface area contributed by atoms with Gasteiger partial charge < -0.3 is 29.0 Å². The van der Waals surface area contributed by atoms with E-state index in [9.17, 15) is 14.9 Å². The SMILES string of the molecule is CCCOc1ccc(Oc2ncccc2CNC(=O)c2cc(OC)c(OC)c(OC)c2[N+](=O)[O-])cc1. The van der Waals surface area contributed by atoms with Crippen molar-refractivity contribution in [2.24, 2.45) is 0 Å². The smallest absolute Gasteiger partial charge is 0.327 e. The standard InChI is InChI=1S/C25H27N3O8/c1-5-13-35-17-8-10-18(11-9-17)36-25-16(7-6-12-26-25)15-27-24(29)19-14-20(32-2)22(33-3)23(34-4)21(19)28(30)31/h6-12,14H,5,13,15H2,1-4H3,(H,27,29). The quantitative estimate of drug-likeness (QED) is 0.283. The highest BCUT2D eigenvalue weighted by molar-refractivity contribution is 6.00. The fourth-order valence-electron chi connectivity index (χ4n) is 3.35. The number of carbonyl (C=O) groups is 1. The van der Waals surface area contributed by atoms with Gasteiger partial charge in [-0.2, -0.15) is 0 Å². The van der Waals surface area contributed by atoms with Crippen LogP contribution >= 0.6 is 0 Å². The minimum absolute atomic E-state index is 0.00643. The molecule has 0 aliphatic heterocycles. The Hall–Kier alpha value is -4.54. The van der Waals surface area contributed by atoms with E-state index in [2.05, 4.69) is 10.3 Å². The molecular weight excluding hydrogens is 470 g/mol. The van der Waals surface area contributed by atoms with Crippen molar-refractivity contribution < 1.29 is 33.4 Å². The van der Waals surface area contributed by atoms with Gasteiger partial charge in [0, 0.05) is 24.4 Å². The van der Waals surface area contributed by atoms with Gasteiger partial charge in [-0.3, -0.25) is 14.9 Å². The van der Waals surface area contributed by atoms with E-state index in [1.54, 1.807) is 42.6 Å². The van der Waals surface area contributed by atoms with Crippen LogP contribution in [0.4, 0.5) is 5.69 Å². The lowest BCUT2D eigenvalue weighted by Crippen LogP contribution is -2.24. The number of rotatable bonds is 12. The lowest BCUT2D eigenvalue weighted by atomic mass is 10.1. The highest BCUT2D eigenvalue weighted by Crippen LogP contribution is 2.46. The summed E-state index contributed by atoms with van der Waals surface area (Å²) in [6, 6.07) is 11.7. The van der Waals surface area contributed by atoms with E-state index in [-0.39, 0.29) is 35.2 Å². The van der Waals surface area contributed by atoms with Crippen molar-refractivity contribution in [2.45, 2.75) is 19.9 Å². The molecule has 1 N–H and O–H groups in total. The number of hydrogen-bond acceptors (Lipinski definition) is 9. The van der Waals surface area contributed by atoms with E-state index in [0.29, 0.717) is 17.9 Å². The molecule has 11 heteroatoms. The molecule has 1 amide bonds. The summed E-state index contributed by atoms with van der Waals surface area (Å²) in [7, 11) is 3.92. The van der Waals surface area contributed by atoms with Gasteiger partial charge in [0.05, 0.1) is 32.9 Å². The fourth-order valence-corrected chi connectivity index (χ4v) is 3.35. The highest BCUT2D eigenvalue weighted by Gasteiger charge is 2.32. The number of nitro benzene ring substituents is 1. The Balaban J connectivity index is 1.82. The number of amides is 1. The number of methoxy groups -OCH3 is 3. The lowest BCUT2D eigenvalue weighted by molar-refractivity contribution is -0.386. The summed E-state index contributed by atoms with van der Waals surface area (Å²) in [5.41, 5.74) is -0.225. The number of nitrogens with one attached hydrogen (secondary N) is 1. The van der Waals surface area contributed by atoms with Crippen molar-refractivity contribution in [1.82, 2.24) is 10.3 Å². The molecule has 2 aromatic carbocycles. The van der Waals surface area contributed by atoms with Crippen LogP contribution in [-0.4, -0.2) is 43.8 Å². The predicted octanol–water partition coefficient (Wildman–Crippen LogP) is 4.53. The first kappa shape index (κ1) is 26.1. The molecule has 0 aliphatic carbocycles. The third kappa shape index (κ3) is 5.93. The summed E-state index contributed by atoms with van der Waals surface area (Å²) < 4.78 is 27.1. The van der Waals surface area contributed by atoms with Gasteiger partial charge in [-0.15, -0.1) is 0 Å². The zero-order valence-corrected chi connectivity index (χ0v) is 20.4. The van der Waals surface area contributed by atoms with Crippen LogP contribution in [0.1, 0.15) is 29.3 Å². The second-order valence-corrected chi connectivity index (χ2v) is 7.37. The van der Waals surface area contributed by atoms with Crippen LogP contribution in [0.15, 0.2) is 48.7 Å². The predicted molar refractivity (Wildman–Crippen MR) is 130 cm³/mol. The van der Waals surface area contributed by atoms with Crippen molar-refractivity contribution in [3.8, 4) is 34.6 Å². The first-order valence-corrected chi connectivity index (χ1v) is 11.0. The van der Waals surface area contributed by atoms with E-state index in [4.69, 9.17) is 23.7 Å². The van der Waals surface area contributed by atoms with Crippen LogP contribution in [0.25, 0.3) is 0 Å². The molecule has 3 rings (SSSR count). The lowest BCUT2D eigenvalue weighted by Gasteiger charge is -2.15. The van der Waals surface area contributed by atoms with Gasteiger partial charge in [-0.05, 0) is 36.8 Å². The summed E-state index contributed by atoms with van der Waals surface area (Å²) in [4.78, 5) is 28.4. The zero-order valence-electron chi connectivity index (χ0n) is 20.4. The normalized spacial score (nSPS) is 10.3. The molecule has 0 saturated carbocycles. The first-order chi connectivity index (χ1) is 17.4. The summed E-state index contributed by atoms with van der Waals surface area (Å²) in [5.74, 6) is 0.727. The number of ether oxygens (including phenoxy) is 5. The Kier molecular flexibility index (Phi) is 8.87. The minimum atomic E-state index is -0.715. The van der Waals surface area contributed by atoms with Gasteiger partial charge in [0.15, 0.2) is 5.75 Å². The fraction of sp³-hybridized carbons (Fsp3) is 0.280. The Morgan fingerprint density at radius 3 is 2.33 bits per heavy atom. The molecular formula is C25H27N3O8. The Bertz CT molecular complexity index is 1210. The molecule has 0 bridgehead atoms. The maximum absolute atomic E-state index is 13.0. The topological polar surface area (TPSA) is 131 Å². The largest absolute Gasteiger partial charge is 0.494 e. The molecule has 0 atom stereocenters. The van der Waals surface area contributed by atoms with Crippen molar-refractivity contribution in [1.29, 1.82) is 0 Å². The molecule has 11 nitrogen and oxygen atoms in total. The maximum atomic E-state index is 13.0. The third-order valence-electron chi connectivity index (χ3n) is 5.03. The van der Waals surface area contributed by atoms with Crippen molar-refractivity contribution in [3.05, 3.63) is 69.9 Å². The van der Waals surface area contributed by atoms with Crippen LogP contribution < -0.4 is 29.0 Å². The maximum Gasteiger partial charge on any atom is 0.327 e. The third-order valence-corrected chi connectivity index (χ3v) is 5.03. The van der Waals surface area contributed by atoms with E-state index in [1.165, 1.54) is 27.4 Å². The number of pyridine rings is 1. The number of benzene rings is 2. The molecule has 190 valence electrons. The second kappa shape index (κ2) is 12.2. The van der Waals surface area contributed by atoms with E-state index < -0.39 is 16.5 Å². The summed E-state index contributed by atoms with van der Waals surface area (Å²) in [6.07, 6.45) is 2.46. The number of nitro groups is 1. The average Bonchev–Trinajstić information content (AvgIpc) is 2.90. The molecule has 0 spiro atoms. The number of nitrogens with zero attached hydrogens (tertiary/aromatic N) is 2. The Morgan fingerprint density at radius 2 is 1.72 bits per heavy atom. The van der Waals surface area contributed by atoms with Gasteiger partial charge >= 0.3 is 5.69 Å². The van der Waals surface area contributed by atoms with Gasteiger partial charge in [-0.25, -0.2) is 4.98 Å². The Labute approximate surface area is 208 Å². The zero-order chi connectivity index (χ0) is 26.1. The molecule has 0 aliphatic rings. The van der Waals surface area contributed by atoms with E-state index in [0.717, 1.165) is 12.2 Å². The molecule has 1 heterocycles. The summed E-state index contributed by atoms with van der Waals surface area (Å²) in [5, 5.41) is 14.5. The average molecular weight is 498 g/mol. The van der Waals surface area contributed by atoms with Gasteiger partial charge in [0.25, 0.3) is 5.91 Å². The number of carbonyl (C=O) groups excluding carboxylic acids is 1. The molecule has 3 aromatic rings. The van der Waals surface area contributed by atoms with Crippen LogP contribution in [-0.2, 0) is 6.54 Å². The summed E-state index contributed by atoms with van der Waals surface area (Å²) >= 11 is 0. The van der Waals surface area contributed by atoms with Gasteiger partial charge in [0.2, 0.25) is 17.4 Å². The summed E-state index contributed by atoms with van der Waals surface area (Å²) in [6.45, 7) is 2.64. The van der Waals surface area contributed by atoms with Crippen LogP contribution in [0.2, 0.25) is 0 Å². The number of hydrogen-bond donors (Lipinski definition) is 1. The first-order valence-electron chi connectivity index (χ1n) is 11.0. The van der Waals surface area contributed by atoms with Gasteiger partial charge in [0.1, 0.15) is 17.1 Å². The molecule has 1 aromatic heterocycles. The van der Waals surface area contributed by atoms with Gasteiger partial charge in [-0.1, -0.05) is 13.0 Å². The molecule has 0 unspecified atom stereocenters. The van der Waals surface area contributed by atoms with Crippen LogP contribution in [0.5, 0.6) is 34.6 Å². The molecule has 0 radical (unpaired) electrons. The van der Waals surface area contributed by atoms with Crippen molar-refractivity contribution in [2.75, 3.05) is 27.9 Å². The van der Waals surface area contributed by atoms with E-state index in [1.807, 2.05) is 6.92 Å². The minimum Gasteiger partial charge on any atom is -0.494 e. The van der Waals surface area contributed by atoms with Crippen LogP contribution in [0, 0.1) is 10.1 Å². The van der Waals surface area contributed by atoms with Crippen LogP contribution in [0.3, 0.4) is 0 Å². The monoisotopic (exact) mass is 497 g/mol. The Morgan fingerprint density at radius 1 is 1.03 bits per heavy atom. The highest BCUT2D eigenvalue weighted by atomic mass is 16.6. The van der Waals surface area contributed by atoms with Crippen molar-refractivity contribution in [3.63, 3.8) is 0 Å². The second-order valence-electron chi connectivity index (χ2n) is 7.37.